The molecule has 0 unspecified atom stereocenters. The van der Waals surface area contributed by atoms with Gasteiger partial charge in [-0.1, -0.05) is 18.2 Å². The molecular formula is C9H7ClN2O. The molecule has 3 nitrogen and oxygen atoms in total. The Morgan fingerprint density at radius 3 is 2.85 bits per heavy atom. The van der Waals surface area contributed by atoms with Crippen LogP contribution in [0.2, 0.25) is 0 Å². The topological polar surface area (TPSA) is 45.0 Å². The van der Waals surface area contributed by atoms with E-state index in [1.54, 1.807) is 6.08 Å². The first-order valence-electron chi connectivity index (χ1n) is 3.54. The molecule has 1 heterocycles. The summed E-state index contributed by atoms with van der Waals surface area (Å²) in [5.41, 5.74) is 3.87. The van der Waals surface area contributed by atoms with E-state index in [-0.39, 0.29) is 12.4 Å². The van der Waals surface area contributed by atoms with E-state index in [9.17, 15) is 0 Å². The molecule has 4 heteroatoms. The van der Waals surface area contributed by atoms with E-state index in [0.717, 1.165) is 11.3 Å². The van der Waals surface area contributed by atoms with Crippen molar-refractivity contribution < 1.29 is 4.84 Å². The van der Waals surface area contributed by atoms with Gasteiger partial charge in [0.2, 0.25) is 0 Å². The third-order valence-corrected chi connectivity index (χ3v) is 1.61. The lowest BCUT2D eigenvalue weighted by Gasteiger charge is -2.14. The first kappa shape index (κ1) is 9.43. The Morgan fingerprint density at radius 1 is 1.31 bits per heavy atom. The highest BCUT2D eigenvalue weighted by atomic mass is 35.5. The van der Waals surface area contributed by atoms with Crippen LogP contribution in [-0.2, 0) is 0 Å². The highest BCUT2D eigenvalue weighted by Crippen LogP contribution is 2.22. The maximum atomic E-state index is 8.56. The smallest absolute Gasteiger partial charge is 0.162 e. The average Bonchev–Trinajstić information content (AvgIpc) is 2.17. The van der Waals surface area contributed by atoms with Gasteiger partial charge >= 0.3 is 0 Å². The predicted molar refractivity (Wildman–Crippen MR) is 51.0 cm³/mol. The molecule has 1 aromatic rings. The van der Waals surface area contributed by atoms with Crippen molar-refractivity contribution in [2.75, 3.05) is 0 Å². The zero-order valence-electron chi connectivity index (χ0n) is 6.65. The van der Waals surface area contributed by atoms with Crippen molar-refractivity contribution in [1.29, 1.82) is 5.26 Å². The van der Waals surface area contributed by atoms with Crippen LogP contribution in [0.15, 0.2) is 30.0 Å². The third kappa shape index (κ3) is 1.74. The first-order valence-corrected chi connectivity index (χ1v) is 3.54. The van der Waals surface area contributed by atoms with E-state index in [1.165, 1.54) is 0 Å². The van der Waals surface area contributed by atoms with Gasteiger partial charge in [-0.3, -0.25) is 0 Å². The summed E-state index contributed by atoms with van der Waals surface area (Å²) < 4.78 is 0. The Bertz CT molecular complexity index is 381. The van der Waals surface area contributed by atoms with E-state index in [2.05, 4.69) is 5.48 Å². The van der Waals surface area contributed by atoms with Crippen LogP contribution in [0.4, 0.5) is 0 Å². The standard InChI is InChI=1S/C9H6N2O.ClH/c10-6-8-5-7-3-1-2-4-9(7)12-11-8;/h1-5,11H;1H. The largest absolute Gasteiger partial charge is 0.381 e. The van der Waals surface area contributed by atoms with Crippen molar-refractivity contribution in [3.63, 3.8) is 0 Å². The SMILES string of the molecule is Cl.N#CC1=Cc2ccccc2ON1. The molecule has 0 saturated heterocycles. The van der Waals surface area contributed by atoms with E-state index in [4.69, 9.17) is 10.1 Å². The molecule has 13 heavy (non-hydrogen) atoms. The molecule has 2 rings (SSSR count). The number of hydroxylamine groups is 1. The lowest BCUT2D eigenvalue weighted by Crippen LogP contribution is -2.20. The molecule has 0 aliphatic carbocycles. The van der Waals surface area contributed by atoms with Crippen molar-refractivity contribution in [2.45, 2.75) is 0 Å². The molecule has 0 saturated carbocycles. The summed E-state index contributed by atoms with van der Waals surface area (Å²) in [7, 11) is 0. The molecule has 0 spiro atoms. The number of benzene rings is 1. The molecule has 0 bridgehead atoms. The van der Waals surface area contributed by atoms with Crippen molar-refractivity contribution in [3.05, 3.63) is 35.5 Å². The number of fused-ring (bicyclic) bond motifs is 1. The molecule has 1 aliphatic rings. The molecule has 1 aromatic carbocycles. The first-order chi connectivity index (χ1) is 5.90. The van der Waals surface area contributed by atoms with Crippen LogP contribution in [-0.4, -0.2) is 0 Å². The highest BCUT2D eigenvalue weighted by molar-refractivity contribution is 5.85. The number of hydrogen-bond acceptors (Lipinski definition) is 3. The molecule has 0 atom stereocenters. The Hall–Kier alpha value is -1.66. The van der Waals surface area contributed by atoms with E-state index in [1.807, 2.05) is 30.3 Å². The van der Waals surface area contributed by atoms with Crippen molar-refractivity contribution >= 4 is 18.5 Å². The van der Waals surface area contributed by atoms with Gasteiger partial charge in [-0.05, 0) is 12.1 Å². The maximum absolute atomic E-state index is 8.56. The summed E-state index contributed by atoms with van der Waals surface area (Å²) in [5.74, 6) is 0.747. The van der Waals surface area contributed by atoms with Crippen LogP contribution in [0.5, 0.6) is 5.75 Å². The van der Waals surface area contributed by atoms with Gasteiger partial charge in [0.1, 0.15) is 11.8 Å². The van der Waals surface area contributed by atoms with Crippen LogP contribution in [0, 0.1) is 11.3 Å². The minimum absolute atomic E-state index is 0. The number of hydrogen-bond donors (Lipinski definition) is 1. The number of nitrogens with zero attached hydrogens (tertiary/aromatic N) is 1. The number of allylic oxidation sites excluding steroid dienone is 1. The van der Waals surface area contributed by atoms with Gasteiger partial charge in [-0.15, -0.1) is 12.4 Å². The zero-order valence-corrected chi connectivity index (χ0v) is 7.47. The molecule has 1 N–H and O–H groups in total. The Kier molecular flexibility index (Phi) is 2.78. The summed E-state index contributed by atoms with van der Waals surface area (Å²) >= 11 is 0. The van der Waals surface area contributed by atoms with Gasteiger partial charge in [-0.2, -0.15) is 5.26 Å². The number of halogens is 1. The normalized spacial score (nSPS) is 12.1. The fourth-order valence-corrected chi connectivity index (χ4v) is 1.04. The summed E-state index contributed by atoms with van der Waals surface area (Å²) in [5, 5.41) is 8.56. The summed E-state index contributed by atoms with van der Waals surface area (Å²) in [6.45, 7) is 0. The van der Waals surface area contributed by atoms with E-state index < -0.39 is 0 Å². The van der Waals surface area contributed by atoms with Gasteiger partial charge < -0.3 is 4.84 Å². The van der Waals surface area contributed by atoms with Gasteiger partial charge in [-0.25, -0.2) is 5.48 Å². The maximum Gasteiger partial charge on any atom is 0.162 e. The monoisotopic (exact) mass is 194 g/mol. The summed E-state index contributed by atoms with van der Waals surface area (Å²) in [6, 6.07) is 9.49. The Balaban J connectivity index is 0.000000845. The second-order valence-corrected chi connectivity index (χ2v) is 2.41. The number of nitrogens with one attached hydrogen (secondary N) is 1. The molecule has 0 radical (unpaired) electrons. The molecule has 1 aliphatic heterocycles. The minimum Gasteiger partial charge on any atom is -0.381 e. The second-order valence-electron chi connectivity index (χ2n) is 2.41. The van der Waals surface area contributed by atoms with Crippen LogP contribution in [0.25, 0.3) is 6.08 Å². The Morgan fingerprint density at radius 2 is 2.08 bits per heavy atom. The van der Waals surface area contributed by atoms with Crippen molar-refractivity contribution in [2.24, 2.45) is 0 Å². The van der Waals surface area contributed by atoms with Crippen LogP contribution in [0.1, 0.15) is 5.56 Å². The van der Waals surface area contributed by atoms with Gasteiger partial charge in [0.05, 0.1) is 0 Å². The van der Waals surface area contributed by atoms with E-state index in [0.29, 0.717) is 5.70 Å². The van der Waals surface area contributed by atoms with Crippen molar-refractivity contribution in [1.82, 2.24) is 5.48 Å². The molecule has 66 valence electrons. The third-order valence-electron chi connectivity index (χ3n) is 1.61. The van der Waals surface area contributed by atoms with Crippen LogP contribution >= 0.6 is 12.4 Å². The molecule has 0 fully saturated rings. The van der Waals surface area contributed by atoms with E-state index >= 15 is 0 Å². The number of rotatable bonds is 0. The second kappa shape index (κ2) is 3.83. The number of nitriles is 1. The fraction of sp³-hybridized carbons (Fsp3) is 0. The van der Waals surface area contributed by atoms with Gasteiger partial charge in [0.25, 0.3) is 0 Å². The molecule has 0 amide bonds. The van der Waals surface area contributed by atoms with Gasteiger partial charge in [0.15, 0.2) is 5.75 Å². The predicted octanol–water partition coefficient (Wildman–Crippen LogP) is 1.87. The van der Waals surface area contributed by atoms with Crippen LogP contribution in [0.3, 0.4) is 0 Å². The minimum atomic E-state index is 0. The Labute approximate surface area is 82.0 Å². The average molecular weight is 195 g/mol. The quantitative estimate of drug-likeness (QED) is 0.686. The number of para-hydroxylation sites is 1. The lowest BCUT2D eigenvalue weighted by atomic mass is 10.1. The molecule has 0 aromatic heterocycles. The highest BCUT2D eigenvalue weighted by Gasteiger charge is 2.08. The zero-order chi connectivity index (χ0) is 8.39. The summed E-state index contributed by atoms with van der Waals surface area (Å²) in [4.78, 5) is 5.09. The van der Waals surface area contributed by atoms with Crippen molar-refractivity contribution in [3.8, 4) is 11.8 Å². The van der Waals surface area contributed by atoms with Gasteiger partial charge in [0, 0.05) is 5.56 Å². The summed E-state index contributed by atoms with van der Waals surface area (Å²) in [6.07, 6.45) is 1.75. The lowest BCUT2D eigenvalue weighted by molar-refractivity contribution is 0.230. The van der Waals surface area contributed by atoms with Crippen LogP contribution < -0.4 is 10.3 Å². The fourth-order valence-electron chi connectivity index (χ4n) is 1.04. The molecular weight excluding hydrogens is 188 g/mol.